The lowest BCUT2D eigenvalue weighted by Gasteiger charge is -2.22. The SMILES string of the molecule is C=C(C)C#C[C@@H]1CCCC[C@H]1O. The Morgan fingerprint density at radius 1 is 1.42 bits per heavy atom. The van der Waals surface area contributed by atoms with E-state index in [0.717, 1.165) is 24.8 Å². The standard InChI is InChI=1S/C11H16O/c1-9(2)7-8-10-5-3-4-6-11(10)12/h10-12H,1,3-6H2,2H3/t10-,11+/m0/s1. The van der Waals surface area contributed by atoms with E-state index in [9.17, 15) is 5.11 Å². The molecule has 0 radical (unpaired) electrons. The zero-order chi connectivity index (χ0) is 8.97. The minimum Gasteiger partial charge on any atom is -0.392 e. The third kappa shape index (κ3) is 2.71. The zero-order valence-corrected chi connectivity index (χ0v) is 7.64. The molecular weight excluding hydrogens is 148 g/mol. The third-order valence-corrected chi connectivity index (χ3v) is 2.20. The minimum absolute atomic E-state index is 0.190. The molecule has 1 aliphatic carbocycles. The first-order valence-corrected chi connectivity index (χ1v) is 4.55. The highest BCUT2D eigenvalue weighted by Gasteiger charge is 2.20. The molecule has 1 aliphatic rings. The van der Waals surface area contributed by atoms with E-state index in [4.69, 9.17) is 0 Å². The van der Waals surface area contributed by atoms with Crippen LogP contribution in [0.25, 0.3) is 0 Å². The van der Waals surface area contributed by atoms with Crippen molar-refractivity contribution in [1.82, 2.24) is 0 Å². The molecule has 66 valence electrons. The van der Waals surface area contributed by atoms with Crippen molar-refractivity contribution in [3.8, 4) is 11.8 Å². The van der Waals surface area contributed by atoms with E-state index < -0.39 is 0 Å². The number of hydrogen-bond acceptors (Lipinski definition) is 1. The van der Waals surface area contributed by atoms with Gasteiger partial charge in [-0.2, -0.15) is 0 Å². The van der Waals surface area contributed by atoms with Crippen molar-refractivity contribution < 1.29 is 5.11 Å². The van der Waals surface area contributed by atoms with Crippen LogP contribution in [0.4, 0.5) is 0 Å². The van der Waals surface area contributed by atoms with Crippen LogP contribution in [0, 0.1) is 17.8 Å². The summed E-state index contributed by atoms with van der Waals surface area (Å²) in [6, 6.07) is 0. The van der Waals surface area contributed by atoms with Gasteiger partial charge >= 0.3 is 0 Å². The molecule has 1 nitrogen and oxygen atoms in total. The summed E-state index contributed by atoms with van der Waals surface area (Å²) in [5.41, 5.74) is 0.882. The number of aliphatic hydroxyl groups excluding tert-OH is 1. The lowest BCUT2D eigenvalue weighted by atomic mass is 9.87. The van der Waals surface area contributed by atoms with Gasteiger partial charge in [0, 0.05) is 5.92 Å². The Bertz CT molecular complexity index is 219. The van der Waals surface area contributed by atoms with Crippen LogP contribution in [-0.2, 0) is 0 Å². The Balaban J connectivity index is 2.51. The summed E-state index contributed by atoms with van der Waals surface area (Å²) in [7, 11) is 0. The topological polar surface area (TPSA) is 20.2 Å². The molecule has 0 unspecified atom stereocenters. The predicted molar refractivity (Wildman–Crippen MR) is 50.6 cm³/mol. The fourth-order valence-electron chi connectivity index (χ4n) is 1.50. The molecule has 0 aliphatic heterocycles. The number of allylic oxidation sites excluding steroid dienone is 1. The van der Waals surface area contributed by atoms with Crippen molar-refractivity contribution in [3.05, 3.63) is 12.2 Å². The van der Waals surface area contributed by atoms with Crippen molar-refractivity contribution in [1.29, 1.82) is 0 Å². The molecule has 0 aromatic rings. The molecule has 0 aromatic heterocycles. The van der Waals surface area contributed by atoms with Gasteiger partial charge in [0.15, 0.2) is 0 Å². The summed E-state index contributed by atoms with van der Waals surface area (Å²) in [6.45, 7) is 5.60. The second-order valence-electron chi connectivity index (χ2n) is 3.51. The van der Waals surface area contributed by atoms with Crippen molar-refractivity contribution in [2.24, 2.45) is 5.92 Å². The molecule has 1 heteroatoms. The van der Waals surface area contributed by atoms with Crippen LogP contribution in [0.2, 0.25) is 0 Å². The quantitative estimate of drug-likeness (QED) is 0.544. The summed E-state index contributed by atoms with van der Waals surface area (Å²) < 4.78 is 0. The maximum Gasteiger partial charge on any atom is 0.0677 e. The van der Waals surface area contributed by atoms with E-state index in [2.05, 4.69) is 18.4 Å². The van der Waals surface area contributed by atoms with Gasteiger partial charge in [0.05, 0.1) is 6.10 Å². The van der Waals surface area contributed by atoms with Gasteiger partial charge in [-0.1, -0.05) is 31.3 Å². The molecule has 2 atom stereocenters. The molecule has 0 heterocycles. The Morgan fingerprint density at radius 2 is 2.08 bits per heavy atom. The molecule has 1 rings (SSSR count). The highest BCUT2D eigenvalue weighted by Crippen LogP contribution is 2.23. The summed E-state index contributed by atoms with van der Waals surface area (Å²) in [4.78, 5) is 0. The molecule has 0 aromatic carbocycles. The first-order chi connectivity index (χ1) is 5.70. The van der Waals surface area contributed by atoms with E-state index in [-0.39, 0.29) is 12.0 Å². The summed E-state index contributed by atoms with van der Waals surface area (Å²) in [5.74, 6) is 6.20. The number of rotatable bonds is 0. The van der Waals surface area contributed by atoms with Crippen LogP contribution in [0.15, 0.2) is 12.2 Å². The molecule has 1 saturated carbocycles. The van der Waals surface area contributed by atoms with Crippen LogP contribution in [0.3, 0.4) is 0 Å². The van der Waals surface area contributed by atoms with E-state index in [1.54, 1.807) is 0 Å². The van der Waals surface area contributed by atoms with E-state index in [0.29, 0.717) is 0 Å². The first kappa shape index (κ1) is 9.35. The molecule has 1 fully saturated rings. The van der Waals surface area contributed by atoms with Crippen molar-refractivity contribution in [3.63, 3.8) is 0 Å². The Hall–Kier alpha value is -0.740. The van der Waals surface area contributed by atoms with Crippen LogP contribution < -0.4 is 0 Å². The highest BCUT2D eigenvalue weighted by molar-refractivity contribution is 5.24. The lowest BCUT2D eigenvalue weighted by Crippen LogP contribution is -2.22. The van der Waals surface area contributed by atoms with E-state index in [1.165, 1.54) is 6.42 Å². The summed E-state index contributed by atoms with van der Waals surface area (Å²) >= 11 is 0. The largest absolute Gasteiger partial charge is 0.392 e. The fourth-order valence-corrected chi connectivity index (χ4v) is 1.50. The average molecular weight is 164 g/mol. The number of aliphatic hydroxyl groups is 1. The van der Waals surface area contributed by atoms with Gasteiger partial charge in [0.25, 0.3) is 0 Å². The molecule has 0 bridgehead atoms. The fraction of sp³-hybridized carbons (Fsp3) is 0.636. The van der Waals surface area contributed by atoms with Crippen molar-refractivity contribution >= 4 is 0 Å². The highest BCUT2D eigenvalue weighted by atomic mass is 16.3. The molecule has 1 N–H and O–H groups in total. The van der Waals surface area contributed by atoms with Crippen LogP contribution in [-0.4, -0.2) is 11.2 Å². The zero-order valence-electron chi connectivity index (χ0n) is 7.64. The second kappa shape index (κ2) is 4.33. The monoisotopic (exact) mass is 164 g/mol. The maximum atomic E-state index is 9.55. The average Bonchev–Trinajstić information content (AvgIpc) is 2.03. The van der Waals surface area contributed by atoms with Crippen LogP contribution in [0.5, 0.6) is 0 Å². The summed E-state index contributed by atoms with van der Waals surface area (Å²) in [5, 5.41) is 9.55. The van der Waals surface area contributed by atoms with E-state index >= 15 is 0 Å². The third-order valence-electron chi connectivity index (χ3n) is 2.20. The normalized spacial score (nSPS) is 28.8. The molecule has 0 spiro atoms. The Labute approximate surface area is 74.5 Å². The van der Waals surface area contributed by atoms with Crippen molar-refractivity contribution in [2.75, 3.05) is 0 Å². The summed E-state index contributed by atoms with van der Waals surface area (Å²) in [6.07, 6.45) is 4.10. The van der Waals surface area contributed by atoms with Gasteiger partial charge in [-0.3, -0.25) is 0 Å². The van der Waals surface area contributed by atoms with Crippen molar-refractivity contribution in [2.45, 2.75) is 38.7 Å². The van der Waals surface area contributed by atoms with Gasteiger partial charge in [0.2, 0.25) is 0 Å². The smallest absolute Gasteiger partial charge is 0.0677 e. The predicted octanol–water partition coefficient (Wildman–Crippen LogP) is 2.12. The van der Waals surface area contributed by atoms with Gasteiger partial charge < -0.3 is 5.11 Å². The van der Waals surface area contributed by atoms with Gasteiger partial charge in [-0.15, -0.1) is 0 Å². The van der Waals surface area contributed by atoms with Crippen LogP contribution >= 0.6 is 0 Å². The number of hydrogen-bond donors (Lipinski definition) is 1. The molecule has 12 heavy (non-hydrogen) atoms. The van der Waals surface area contributed by atoms with Crippen LogP contribution in [0.1, 0.15) is 32.6 Å². The second-order valence-corrected chi connectivity index (χ2v) is 3.51. The first-order valence-electron chi connectivity index (χ1n) is 4.55. The molecular formula is C11H16O. The van der Waals surface area contributed by atoms with E-state index in [1.807, 2.05) is 6.92 Å². The van der Waals surface area contributed by atoms with Gasteiger partial charge in [0.1, 0.15) is 0 Å². The lowest BCUT2D eigenvalue weighted by molar-refractivity contribution is 0.0970. The maximum absolute atomic E-state index is 9.55. The van der Waals surface area contributed by atoms with Gasteiger partial charge in [-0.05, 0) is 25.3 Å². The Morgan fingerprint density at radius 3 is 2.67 bits per heavy atom. The Kier molecular flexibility index (Phi) is 3.37. The molecule has 0 amide bonds. The minimum atomic E-state index is -0.203. The van der Waals surface area contributed by atoms with Gasteiger partial charge in [-0.25, -0.2) is 0 Å². The molecule has 0 saturated heterocycles.